The van der Waals surface area contributed by atoms with Crippen molar-refractivity contribution < 1.29 is 0 Å². The molecule has 0 spiro atoms. The van der Waals surface area contributed by atoms with Gasteiger partial charge >= 0.3 is 0 Å². The molecule has 0 aromatic rings. The quantitative estimate of drug-likeness (QED) is 0.381. The van der Waals surface area contributed by atoms with Crippen molar-refractivity contribution >= 4 is 22.6 Å². The van der Waals surface area contributed by atoms with Crippen LogP contribution in [0.1, 0.15) is 46.0 Å². The zero-order valence-corrected chi connectivity index (χ0v) is 9.36. The molecular weight excluding hydrogens is 235 g/mol. The summed E-state index contributed by atoms with van der Waals surface area (Å²) >= 11 is 2.46. The maximum Gasteiger partial charge on any atom is -0.000219 e. The van der Waals surface area contributed by atoms with E-state index in [0.717, 1.165) is 5.92 Å². The molecular formula is C9H19I. The zero-order valence-electron chi connectivity index (χ0n) is 7.20. The van der Waals surface area contributed by atoms with Crippen molar-refractivity contribution in [2.45, 2.75) is 46.0 Å². The SMILES string of the molecule is CCCCCC(C)CCI. The minimum absolute atomic E-state index is 0.962. The molecule has 0 bridgehead atoms. The Kier molecular flexibility index (Phi) is 8.40. The molecule has 0 heterocycles. The first-order chi connectivity index (χ1) is 4.81. The Balaban J connectivity index is 2.97. The predicted octanol–water partition coefficient (Wildman–Crippen LogP) is 4.03. The molecule has 0 amide bonds. The Morgan fingerprint density at radius 1 is 1.20 bits per heavy atom. The Morgan fingerprint density at radius 2 is 1.90 bits per heavy atom. The van der Waals surface area contributed by atoms with Crippen LogP contribution in [0.25, 0.3) is 0 Å². The van der Waals surface area contributed by atoms with Crippen molar-refractivity contribution in [3.8, 4) is 0 Å². The predicted molar refractivity (Wildman–Crippen MR) is 56.8 cm³/mol. The van der Waals surface area contributed by atoms with Gasteiger partial charge in [0.05, 0.1) is 0 Å². The van der Waals surface area contributed by atoms with E-state index in [4.69, 9.17) is 0 Å². The summed E-state index contributed by atoms with van der Waals surface area (Å²) < 4.78 is 1.32. The largest absolute Gasteiger partial charge is 0.0864 e. The topological polar surface area (TPSA) is 0 Å². The van der Waals surface area contributed by atoms with Crippen molar-refractivity contribution in [1.82, 2.24) is 0 Å². The Morgan fingerprint density at radius 3 is 2.40 bits per heavy atom. The van der Waals surface area contributed by atoms with E-state index >= 15 is 0 Å². The van der Waals surface area contributed by atoms with Crippen LogP contribution < -0.4 is 0 Å². The minimum Gasteiger partial charge on any atom is -0.0864 e. The van der Waals surface area contributed by atoms with Crippen LogP contribution in [0.3, 0.4) is 0 Å². The second-order valence-corrected chi connectivity index (χ2v) is 4.16. The lowest BCUT2D eigenvalue weighted by molar-refractivity contribution is 0.488. The highest BCUT2D eigenvalue weighted by Crippen LogP contribution is 2.13. The summed E-state index contributed by atoms with van der Waals surface area (Å²) in [4.78, 5) is 0. The van der Waals surface area contributed by atoms with Gasteiger partial charge in [0.25, 0.3) is 0 Å². The van der Waals surface area contributed by atoms with E-state index in [1.165, 1.54) is 36.5 Å². The lowest BCUT2D eigenvalue weighted by atomic mass is 10.0. The van der Waals surface area contributed by atoms with Gasteiger partial charge in [0.1, 0.15) is 0 Å². The second kappa shape index (κ2) is 7.83. The summed E-state index contributed by atoms with van der Waals surface area (Å²) in [5, 5.41) is 0. The van der Waals surface area contributed by atoms with Crippen LogP contribution in [0.4, 0.5) is 0 Å². The van der Waals surface area contributed by atoms with Gasteiger partial charge < -0.3 is 0 Å². The van der Waals surface area contributed by atoms with Crippen LogP contribution >= 0.6 is 22.6 Å². The van der Waals surface area contributed by atoms with Crippen molar-refractivity contribution in [3.63, 3.8) is 0 Å². The van der Waals surface area contributed by atoms with Gasteiger partial charge in [-0.1, -0.05) is 62.1 Å². The first-order valence-corrected chi connectivity index (χ1v) is 5.89. The third-order valence-electron chi connectivity index (χ3n) is 1.90. The molecule has 0 saturated heterocycles. The normalized spacial score (nSPS) is 13.5. The van der Waals surface area contributed by atoms with E-state index in [1.807, 2.05) is 0 Å². The molecule has 0 aromatic heterocycles. The highest BCUT2D eigenvalue weighted by atomic mass is 127. The smallest absolute Gasteiger partial charge is 0.000219 e. The van der Waals surface area contributed by atoms with E-state index in [-0.39, 0.29) is 0 Å². The van der Waals surface area contributed by atoms with E-state index in [9.17, 15) is 0 Å². The summed E-state index contributed by atoms with van der Waals surface area (Å²) in [5.74, 6) is 0.962. The van der Waals surface area contributed by atoms with Crippen molar-refractivity contribution in [3.05, 3.63) is 0 Å². The molecule has 62 valence electrons. The van der Waals surface area contributed by atoms with E-state index in [2.05, 4.69) is 36.4 Å². The molecule has 0 saturated carbocycles. The molecule has 0 N–H and O–H groups in total. The van der Waals surface area contributed by atoms with Crippen LogP contribution in [-0.2, 0) is 0 Å². The van der Waals surface area contributed by atoms with Crippen LogP contribution in [0.5, 0.6) is 0 Å². The molecule has 0 aliphatic rings. The second-order valence-electron chi connectivity index (χ2n) is 3.08. The summed E-state index contributed by atoms with van der Waals surface area (Å²) in [6.07, 6.45) is 7.07. The summed E-state index contributed by atoms with van der Waals surface area (Å²) in [6, 6.07) is 0. The summed E-state index contributed by atoms with van der Waals surface area (Å²) in [6.45, 7) is 4.64. The minimum atomic E-state index is 0.962. The Labute approximate surface area is 78.9 Å². The number of rotatable bonds is 6. The fraction of sp³-hybridized carbons (Fsp3) is 1.00. The first kappa shape index (κ1) is 10.7. The monoisotopic (exact) mass is 254 g/mol. The summed E-state index contributed by atoms with van der Waals surface area (Å²) in [5.41, 5.74) is 0. The Hall–Kier alpha value is 0.730. The fourth-order valence-electron chi connectivity index (χ4n) is 1.07. The Bertz CT molecular complexity index is 61.7. The van der Waals surface area contributed by atoms with Crippen molar-refractivity contribution in [2.75, 3.05) is 4.43 Å². The number of unbranched alkanes of at least 4 members (excludes halogenated alkanes) is 2. The highest BCUT2D eigenvalue weighted by molar-refractivity contribution is 14.1. The highest BCUT2D eigenvalue weighted by Gasteiger charge is 1.98. The average molecular weight is 254 g/mol. The molecule has 0 fully saturated rings. The molecule has 0 nitrogen and oxygen atoms in total. The van der Waals surface area contributed by atoms with Gasteiger partial charge in [-0.2, -0.15) is 0 Å². The first-order valence-electron chi connectivity index (χ1n) is 4.37. The standard InChI is InChI=1S/C9H19I/c1-3-4-5-6-9(2)7-8-10/h9H,3-8H2,1-2H3. The molecule has 0 radical (unpaired) electrons. The number of halogens is 1. The summed E-state index contributed by atoms with van der Waals surface area (Å²) in [7, 11) is 0. The molecule has 0 rings (SSSR count). The van der Waals surface area contributed by atoms with Crippen LogP contribution in [-0.4, -0.2) is 4.43 Å². The zero-order chi connectivity index (χ0) is 7.82. The number of hydrogen-bond donors (Lipinski definition) is 0. The molecule has 0 aliphatic carbocycles. The molecule has 1 atom stereocenters. The van der Waals surface area contributed by atoms with Gasteiger partial charge in [-0.25, -0.2) is 0 Å². The number of alkyl halides is 1. The molecule has 1 unspecified atom stereocenters. The maximum absolute atomic E-state index is 2.46. The van der Waals surface area contributed by atoms with Crippen LogP contribution in [0.2, 0.25) is 0 Å². The van der Waals surface area contributed by atoms with Gasteiger partial charge in [0.2, 0.25) is 0 Å². The molecule has 0 aromatic carbocycles. The van der Waals surface area contributed by atoms with Crippen molar-refractivity contribution in [1.29, 1.82) is 0 Å². The molecule has 1 heteroatoms. The van der Waals surface area contributed by atoms with Gasteiger partial charge in [-0.15, -0.1) is 0 Å². The average Bonchev–Trinajstić information content (AvgIpc) is 1.89. The number of hydrogen-bond acceptors (Lipinski definition) is 0. The van der Waals surface area contributed by atoms with Crippen molar-refractivity contribution in [2.24, 2.45) is 5.92 Å². The van der Waals surface area contributed by atoms with Gasteiger partial charge in [-0.3, -0.25) is 0 Å². The lowest BCUT2D eigenvalue weighted by Crippen LogP contribution is -1.94. The van der Waals surface area contributed by atoms with E-state index < -0.39 is 0 Å². The molecule has 10 heavy (non-hydrogen) atoms. The third kappa shape index (κ3) is 6.84. The van der Waals surface area contributed by atoms with Gasteiger partial charge in [0.15, 0.2) is 0 Å². The fourth-order valence-corrected chi connectivity index (χ4v) is 2.14. The maximum atomic E-state index is 2.46. The van der Waals surface area contributed by atoms with E-state index in [1.54, 1.807) is 0 Å². The van der Waals surface area contributed by atoms with Gasteiger partial charge in [-0.05, 0) is 16.8 Å². The van der Waals surface area contributed by atoms with Crippen LogP contribution in [0, 0.1) is 5.92 Å². The molecule has 0 aliphatic heterocycles. The third-order valence-corrected chi connectivity index (χ3v) is 2.53. The van der Waals surface area contributed by atoms with Gasteiger partial charge in [0, 0.05) is 0 Å². The van der Waals surface area contributed by atoms with Crippen LogP contribution in [0.15, 0.2) is 0 Å². The lowest BCUT2D eigenvalue weighted by Gasteiger charge is -2.07. The van der Waals surface area contributed by atoms with E-state index in [0.29, 0.717) is 0 Å².